The van der Waals surface area contributed by atoms with E-state index in [9.17, 15) is 22.8 Å². The largest absolute Gasteiger partial charge is 0.573 e. The van der Waals surface area contributed by atoms with Gasteiger partial charge in [-0.1, -0.05) is 6.07 Å². The highest BCUT2D eigenvalue weighted by Gasteiger charge is 2.70. The predicted octanol–water partition coefficient (Wildman–Crippen LogP) is 2.42. The summed E-state index contributed by atoms with van der Waals surface area (Å²) < 4.78 is 43.1. The van der Waals surface area contributed by atoms with E-state index in [0.717, 1.165) is 12.1 Å². The molecule has 2 aromatic heterocycles. The summed E-state index contributed by atoms with van der Waals surface area (Å²) in [6.07, 6.45) is 0.539. The number of hydrogen-bond acceptors (Lipinski definition) is 7. The molecule has 2 aliphatic rings. The summed E-state index contributed by atoms with van der Waals surface area (Å²) in [5.74, 6) is -0.999. The highest BCUT2D eigenvalue weighted by atomic mass is 19.4. The normalized spacial score (nSPS) is 24.3. The molecule has 3 aromatic rings. The van der Waals surface area contributed by atoms with Crippen LogP contribution < -0.4 is 15.1 Å². The number of alkyl halides is 3. The molecule has 1 aliphatic carbocycles. The number of Topliss-reactive ketones (excluding diaryl/α,β-unsaturated/α-hetero) is 1. The van der Waals surface area contributed by atoms with Crippen LogP contribution in [0.5, 0.6) is 5.75 Å². The Balaban J connectivity index is 1.46. The van der Waals surface area contributed by atoms with Crippen LogP contribution in [0.15, 0.2) is 43.1 Å². The van der Waals surface area contributed by atoms with E-state index < -0.39 is 29.6 Å². The molecule has 12 heteroatoms. The molecule has 9 nitrogen and oxygen atoms in total. The molecule has 1 aliphatic heterocycles. The first-order valence-corrected chi connectivity index (χ1v) is 9.79. The number of carbonyl (C=O) groups is 2. The number of rotatable bonds is 5. The van der Waals surface area contributed by atoms with Crippen molar-refractivity contribution in [3.63, 3.8) is 0 Å². The van der Waals surface area contributed by atoms with Gasteiger partial charge in [0.1, 0.15) is 35.5 Å². The molecule has 1 saturated carbocycles. The fourth-order valence-corrected chi connectivity index (χ4v) is 4.59. The monoisotopic (exact) mass is 446 g/mol. The van der Waals surface area contributed by atoms with Gasteiger partial charge in [0, 0.05) is 11.8 Å². The second kappa shape index (κ2) is 6.90. The summed E-state index contributed by atoms with van der Waals surface area (Å²) in [5, 5.41) is 4.33. The molecule has 1 N–H and O–H groups in total. The van der Waals surface area contributed by atoms with Crippen LogP contribution in [0.3, 0.4) is 0 Å². The zero-order valence-electron chi connectivity index (χ0n) is 16.7. The Morgan fingerprint density at radius 1 is 1.28 bits per heavy atom. The number of nitrogens with one attached hydrogen (secondary N) is 1. The van der Waals surface area contributed by atoms with Gasteiger partial charge in [0.2, 0.25) is 5.91 Å². The standard InChI is InChI=1S/C20H17F3N6O3/c1-11(30)19-7-12(19)5-16(29(19)28-10-26-15-8-24-9-25-17(15)28)18(31)27-13-3-2-4-14(6-13)32-20(21,22)23/h2-4,6,8-10,12,16H,5,7H2,1H3,(H,27,31). The molecular formula is C20H17F3N6O3. The number of anilines is 1. The molecule has 5 rings (SSSR count). The highest BCUT2D eigenvalue weighted by Crippen LogP contribution is 2.57. The van der Waals surface area contributed by atoms with Gasteiger partial charge in [-0.3, -0.25) is 14.6 Å². The van der Waals surface area contributed by atoms with Gasteiger partial charge in [-0.05, 0) is 37.8 Å². The van der Waals surface area contributed by atoms with E-state index in [2.05, 4.69) is 25.0 Å². The van der Waals surface area contributed by atoms with Crippen LogP contribution in [0.4, 0.5) is 18.9 Å². The summed E-state index contributed by atoms with van der Waals surface area (Å²) in [7, 11) is 0. The lowest BCUT2D eigenvalue weighted by molar-refractivity contribution is -0.274. The molecule has 2 fully saturated rings. The Kier molecular flexibility index (Phi) is 4.36. The summed E-state index contributed by atoms with van der Waals surface area (Å²) in [5.41, 5.74) is 0.256. The van der Waals surface area contributed by atoms with E-state index in [0.29, 0.717) is 24.0 Å². The quantitative estimate of drug-likeness (QED) is 0.642. The Hall–Kier alpha value is -3.70. The van der Waals surface area contributed by atoms with Gasteiger partial charge in [0.15, 0.2) is 11.4 Å². The third-order valence-electron chi connectivity index (χ3n) is 5.96. The first-order chi connectivity index (χ1) is 15.2. The van der Waals surface area contributed by atoms with Gasteiger partial charge in [0.25, 0.3) is 0 Å². The molecule has 0 radical (unpaired) electrons. The highest BCUT2D eigenvalue weighted by molar-refractivity contribution is 6.01. The Morgan fingerprint density at radius 3 is 2.84 bits per heavy atom. The molecule has 0 bridgehead atoms. The van der Waals surface area contributed by atoms with Crippen molar-refractivity contribution in [1.29, 1.82) is 0 Å². The number of ether oxygens (including phenoxy) is 1. The topological polar surface area (TPSA) is 102 Å². The van der Waals surface area contributed by atoms with Crippen molar-refractivity contribution in [1.82, 2.24) is 19.6 Å². The summed E-state index contributed by atoms with van der Waals surface area (Å²) >= 11 is 0. The minimum Gasteiger partial charge on any atom is -0.406 e. The second-order valence-electron chi connectivity index (χ2n) is 7.86. The molecule has 3 heterocycles. The predicted molar refractivity (Wildman–Crippen MR) is 105 cm³/mol. The molecule has 0 spiro atoms. The molecule has 3 atom stereocenters. The van der Waals surface area contributed by atoms with Crippen molar-refractivity contribution < 1.29 is 27.5 Å². The van der Waals surface area contributed by atoms with Gasteiger partial charge < -0.3 is 10.1 Å². The fourth-order valence-electron chi connectivity index (χ4n) is 4.59. The summed E-state index contributed by atoms with van der Waals surface area (Å²) in [4.78, 5) is 38.2. The number of fused-ring (bicyclic) bond motifs is 2. The van der Waals surface area contributed by atoms with Crippen molar-refractivity contribution >= 4 is 28.5 Å². The van der Waals surface area contributed by atoms with E-state index in [1.54, 1.807) is 9.69 Å². The van der Waals surface area contributed by atoms with Crippen molar-refractivity contribution in [3.8, 4) is 5.75 Å². The Labute approximate surface area is 179 Å². The number of amides is 1. The number of piperidine rings is 1. The smallest absolute Gasteiger partial charge is 0.406 e. The zero-order chi connectivity index (χ0) is 22.7. The van der Waals surface area contributed by atoms with Crippen LogP contribution in [-0.4, -0.2) is 49.3 Å². The summed E-state index contributed by atoms with van der Waals surface area (Å²) in [6.45, 7) is 1.49. The maximum atomic E-state index is 13.2. The number of hydrogen-bond donors (Lipinski definition) is 1. The number of benzene rings is 1. The van der Waals surface area contributed by atoms with Crippen LogP contribution in [-0.2, 0) is 9.59 Å². The third kappa shape index (κ3) is 3.22. The molecule has 1 saturated heterocycles. The lowest BCUT2D eigenvalue weighted by Gasteiger charge is -2.34. The van der Waals surface area contributed by atoms with Crippen molar-refractivity contribution in [2.45, 2.75) is 37.7 Å². The molecule has 32 heavy (non-hydrogen) atoms. The van der Waals surface area contributed by atoms with E-state index in [1.165, 1.54) is 37.9 Å². The maximum Gasteiger partial charge on any atom is 0.573 e. The Bertz CT molecular complexity index is 1230. The SMILES string of the molecule is CC(=O)C12CC1CC(C(=O)Nc1cccc(OC(F)(F)F)c1)N2n1cnc2cncnc21. The van der Waals surface area contributed by atoms with Crippen LogP contribution in [0.2, 0.25) is 0 Å². The molecular weight excluding hydrogens is 429 g/mol. The van der Waals surface area contributed by atoms with Gasteiger partial charge in [-0.2, -0.15) is 0 Å². The van der Waals surface area contributed by atoms with Gasteiger partial charge in [-0.25, -0.2) is 19.6 Å². The number of nitrogens with zero attached hydrogens (tertiary/aromatic N) is 5. The van der Waals surface area contributed by atoms with Gasteiger partial charge >= 0.3 is 6.36 Å². The number of halogens is 3. The minimum atomic E-state index is -4.84. The van der Waals surface area contributed by atoms with Gasteiger partial charge in [0.05, 0.1) is 6.20 Å². The first kappa shape index (κ1) is 20.2. The third-order valence-corrected chi connectivity index (χ3v) is 5.96. The van der Waals surface area contributed by atoms with Crippen LogP contribution in [0.25, 0.3) is 11.2 Å². The number of ketones is 1. The maximum absolute atomic E-state index is 13.2. The van der Waals surface area contributed by atoms with Crippen molar-refractivity contribution in [2.24, 2.45) is 5.92 Å². The summed E-state index contributed by atoms with van der Waals surface area (Å²) in [6, 6.07) is 4.28. The average Bonchev–Trinajstić information content (AvgIpc) is 3.13. The number of imidazole rings is 1. The lowest BCUT2D eigenvalue weighted by Crippen LogP contribution is -2.55. The lowest BCUT2D eigenvalue weighted by atomic mass is 10.1. The van der Waals surface area contributed by atoms with E-state index in [-0.39, 0.29) is 17.4 Å². The van der Waals surface area contributed by atoms with Crippen molar-refractivity contribution in [2.75, 3.05) is 10.3 Å². The van der Waals surface area contributed by atoms with E-state index in [4.69, 9.17) is 0 Å². The first-order valence-electron chi connectivity index (χ1n) is 9.79. The Morgan fingerprint density at radius 2 is 2.09 bits per heavy atom. The van der Waals surface area contributed by atoms with Crippen LogP contribution in [0.1, 0.15) is 19.8 Å². The van der Waals surface area contributed by atoms with E-state index >= 15 is 0 Å². The zero-order valence-corrected chi connectivity index (χ0v) is 16.7. The number of carbonyl (C=O) groups excluding carboxylic acids is 2. The number of aromatic nitrogens is 4. The van der Waals surface area contributed by atoms with Crippen LogP contribution >= 0.6 is 0 Å². The molecule has 1 amide bonds. The van der Waals surface area contributed by atoms with E-state index in [1.807, 2.05) is 0 Å². The van der Waals surface area contributed by atoms with Crippen molar-refractivity contribution in [3.05, 3.63) is 43.1 Å². The minimum absolute atomic E-state index is 0.0186. The molecule has 1 aromatic carbocycles. The molecule has 166 valence electrons. The fraction of sp³-hybridized carbons (Fsp3) is 0.350. The molecule has 3 unspecified atom stereocenters. The second-order valence-corrected chi connectivity index (χ2v) is 7.86. The average molecular weight is 446 g/mol. The van der Waals surface area contributed by atoms with Gasteiger partial charge in [-0.15, -0.1) is 13.2 Å². The van der Waals surface area contributed by atoms with Crippen LogP contribution in [0, 0.1) is 5.92 Å².